The second-order valence-electron chi connectivity index (χ2n) is 10.5. The molecule has 0 unspecified atom stereocenters. The molecule has 1 aliphatic heterocycles. The molecule has 6 rings (SSSR count). The first-order valence-electron chi connectivity index (χ1n) is 13.6. The van der Waals surface area contributed by atoms with Gasteiger partial charge in [0.15, 0.2) is 5.78 Å². The van der Waals surface area contributed by atoms with E-state index in [0.29, 0.717) is 6.04 Å². The maximum absolute atomic E-state index is 11.6. The van der Waals surface area contributed by atoms with E-state index in [1.54, 1.807) is 6.92 Å². The third-order valence-electron chi connectivity index (χ3n) is 8.17. The molecule has 6 heteroatoms. The molecule has 0 N–H and O–H groups in total. The Morgan fingerprint density at radius 1 is 0.865 bits per heavy atom. The fourth-order valence-corrected chi connectivity index (χ4v) is 6.01. The number of hydrogen-bond donors (Lipinski definition) is 0. The largest absolute Gasteiger partial charge is 0.368 e. The van der Waals surface area contributed by atoms with Crippen molar-refractivity contribution >= 4 is 28.3 Å². The molecule has 0 atom stereocenters. The number of rotatable bonds is 5. The van der Waals surface area contributed by atoms with E-state index in [-0.39, 0.29) is 5.78 Å². The molecule has 1 aromatic carbocycles. The average Bonchev–Trinajstić information content (AvgIpc) is 3.32. The first kappa shape index (κ1) is 23.7. The lowest BCUT2D eigenvalue weighted by molar-refractivity contribution is 0.101. The predicted octanol–water partition coefficient (Wildman–Crippen LogP) is 6.44. The minimum absolute atomic E-state index is 0.109. The number of piperazine rings is 1. The average molecular weight is 494 g/mol. The summed E-state index contributed by atoms with van der Waals surface area (Å²) in [4.78, 5) is 26.3. The predicted molar refractivity (Wildman–Crippen MR) is 151 cm³/mol. The number of pyridine rings is 2. The summed E-state index contributed by atoms with van der Waals surface area (Å²) in [5, 5.41) is 1.22. The molecule has 4 aromatic rings. The van der Waals surface area contributed by atoms with Crippen LogP contribution in [0.5, 0.6) is 0 Å². The number of carbonyl (C=O) groups is 1. The number of anilines is 2. The van der Waals surface area contributed by atoms with Crippen molar-refractivity contribution in [3.63, 3.8) is 0 Å². The Morgan fingerprint density at radius 3 is 2.30 bits per heavy atom. The Kier molecular flexibility index (Phi) is 6.41. The molecule has 1 saturated heterocycles. The third kappa shape index (κ3) is 4.61. The summed E-state index contributed by atoms with van der Waals surface area (Å²) < 4.78 is 2.46. The summed E-state index contributed by atoms with van der Waals surface area (Å²) in [7, 11) is 0. The number of nitrogens with zero attached hydrogens (tertiary/aromatic N) is 5. The maximum Gasteiger partial charge on any atom is 0.159 e. The van der Waals surface area contributed by atoms with Crippen LogP contribution in [0.15, 0.2) is 60.9 Å². The van der Waals surface area contributed by atoms with Crippen molar-refractivity contribution in [2.75, 3.05) is 36.0 Å². The Labute approximate surface area is 218 Å². The SMILES string of the molecule is CC(=O)c1ccc(N2CCN(c3ccc4c(-c5cccnc5C)cn(C5CCCCC5)c4n3)CC2)cc1. The minimum Gasteiger partial charge on any atom is -0.368 e. The molecule has 37 heavy (non-hydrogen) atoms. The second kappa shape index (κ2) is 10.0. The van der Waals surface area contributed by atoms with Crippen molar-refractivity contribution in [1.82, 2.24) is 14.5 Å². The van der Waals surface area contributed by atoms with Gasteiger partial charge < -0.3 is 14.4 Å². The lowest BCUT2D eigenvalue weighted by Crippen LogP contribution is -2.46. The number of carbonyl (C=O) groups excluding carboxylic acids is 1. The van der Waals surface area contributed by atoms with E-state index < -0.39 is 0 Å². The molecule has 3 aromatic heterocycles. The van der Waals surface area contributed by atoms with E-state index in [9.17, 15) is 4.79 Å². The zero-order valence-corrected chi connectivity index (χ0v) is 21.9. The summed E-state index contributed by atoms with van der Waals surface area (Å²) in [6.45, 7) is 7.42. The van der Waals surface area contributed by atoms with Gasteiger partial charge in [-0.2, -0.15) is 0 Å². The fraction of sp³-hybridized carbons (Fsp3) is 0.387. The first-order chi connectivity index (χ1) is 18.1. The zero-order valence-electron chi connectivity index (χ0n) is 21.9. The number of benzene rings is 1. The highest BCUT2D eigenvalue weighted by Crippen LogP contribution is 2.38. The molecule has 6 nitrogen and oxygen atoms in total. The molecular formula is C31H35N5O. The lowest BCUT2D eigenvalue weighted by atomic mass is 9.95. The third-order valence-corrected chi connectivity index (χ3v) is 8.17. The van der Waals surface area contributed by atoms with Crippen LogP contribution in [0.1, 0.15) is 61.1 Å². The molecule has 1 aliphatic carbocycles. The van der Waals surface area contributed by atoms with Crippen LogP contribution in [-0.2, 0) is 0 Å². The van der Waals surface area contributed by atoms with Crippen molar-refractivity contribution < 1.29 is 4.79 Å². The van der Waals surface area contributed by atoms with Gasteiger partial charge in [-0.3, -0.25) is 9.78 Å². The van der Waals surface area contributed by atoms with Crippen LogP contribution in [0.3, 0.4) is 0 Å². The van der Waals surface area contributed by atoms with E-state index in [1.807, 2.05) is 24.4 Å². The van der Waals surface area contributed by atoms with Crippen LogP contribution in [-0.4, -0.2) is 46.5 Å². The standard InChI is InChI=1S/C31H35N5O/c1-22-27(9-6-16-32-22)29-21-36(26-7-4-3-5-8-26)31-28(29)14-15-30(33-31)35-19-17-34(18-20-35)25-12-10-24(11-13-25)23(2)37/h6,9-16,21,26H,3-5,7-8,17-20H2,1-2H3. The number of ketones is 1. The number of aromatic nitrogens is 3. The second-order valence-corrected chi connectivity index (χ2v) is 10.5. The van der Waals surface area contributed by atoms with Crippen molar-refractivity contribution in [2.24, 2.45) is 0 Å². The van der Waals surface area contributed by atoms with E-state index >= 15 is 0 Å². The van der Waals surface area contributed by atoms with E-state index in [4.69, 9.17) is 4.98 Å². The molecule has 0 bridgehead atoms. The summed E-state index contributed by atoms with van der Waals surface area (Å²) in [6.07, 6.45) is 10.6. The highest BCUT2D eigenvalue weighted by molar-refractivity contribution is 5.96. The van der Waals surface area contributed by atoms with E-state index in [1.165, 1.54) is 54.3 Å². The van der Waals surface area contributed by atoms with E-state index in [0.717, 1.165) is 48.9 Å². The first-order valence-corrected chi connectivity index (χ1v) is 13.6. The molecule has 2 aliphatic rings. The Morgan fingerprint density at radius 2 is 1.59 bits per heavy atom. The summed E-state index contributed by atoms with van der Waals surface area (Å²) in [6, 6.07) is 17.2. The number of aryl methyl sites for hydroxylation is 1. The van der Waals surface area contributed by atoms with Gasteiger partial charge in [0.2, 0.25) is 0 Å². The van der Waals surface area contributed by atoms with Gasteiger partial charge in [-0.25, -0.2) is 4.98 Å². The molecule has 2 fully saturated rings. The highest BCUT2D eigenvalue weighted by Gasteiger charge is 2.24. The molecule has 1 saturated carbocycles. The molecule has 4 heterocycles. The van der Waals surface area contributed by atoms with Gasteiger partial charge in [-0.15, -0.1) is 0 Å². The van der Waals surface area contributed by atoms with Gasteiger partial charge in [0.05, 0.1) is 0 Å². The molecule has 0 radical (unpaired) electrons. The van der Waals surface area contributed by atoms with Crippen LogP contribution in [0.25, 0.3) is 22.2 Å². The lowest BCUT2D eigenvalue weighted by Gasteiger charge is -2.37. The molecule has 0 amide bonds. The van der Waals surface area contributed by atoms with Gasteiger partial charge in [0, 0.05) is 78.1 Å². The zero-order chi connectivity index (χ0) is 25.4. The van der Waals surface area contributed by atoms with Gasteiger partial charge >= 0.3 is 0 Å². The van der Waals surface area contributed by atoms with Crippen LogP contribution in [0, 0.1) is 6.92 Å². The van der Waals surface area contributed by atoms with Gasteiger partial charge in [0.1, 0.15) is 11.5 Å². The van der Waals surface area contributed by atoms with Gasteiger partial charge in [-0.05, 0) is 69.2 Å². The molecular weight excluding hydrogens is 458 g/mol. The van der Waals surface area contributed by atoms with Gasteiger partial charge in [0.25, 0.3) is 0 Å². The topological polar surface area (TPSA) is 54.3 Å². The van der Waals surface area contributed by atoms with E-state index in [2.05, 4.69) is 62.8 Å². The monoisotopic (exact) mass is 493 g/mol. The van der Waals surface area contributed by atoms with Crippen molar-refractivity contribution in [3.8, 4) is 11.1 Å². The summed E-state index contributed by atoms with van der Waals surface area (Å²) in [5.41, 5.74) is 6.54. The van der Waals surface area contributed by atoms with Crippen LogP contribution < -0.4 is 9.80 Å². The van der Waals surface area contributed by atoms with Crippen molar-refractivity contribution in [1.29, 1.82) is 0 Å². The van der Waals surface area contributed by atoms with Crippen LogP contribution in [0.4, 0.5) is 11.5 Å². The number of Topliss-reactive ketones (excluding diaryl/α,β-unsaturated/α-hetero) is 1. The molecule has 190 valence electrons. The van der Waals surface area contributed by atoms with Crippen molar-refractivity contribution in [3.05, 3.63) is 72.2 Å². The Balaban J connectivity index is 1.29. The van der Waals surface area contributed by atoms with Gasteiger partial charge in [-0.1, -0.05) is 25.3 Å². The smallest absolute Gasteiger partial charge is 0.159 e. The van der Waals surface area contributed by atoms with Crippen molar-refractivity contribution in [2.45, 2.75) is 52.0 Å². The van der Waals surface area contributed by atoms with Crippen LogP contribution >= 0.6 is 0 Å². The summed E-state index contributed by atoms with van der Waals surface area (Å²) >= 11 is 0. The maximum atomic E-state index is 11.6. The van der Waals surface area contributed by atoms with Crippen LogP contribution in [0.2, 0.25) is 0 Å². The molecule has 0 spiro atoms. The highest BCUT2D eigenvalue weighted by atomic mass is 16.1. The quantitative estimate of drug-likeness (QED) is 0.299. The normalized spacial score (nSPS) is 16.9. The number of fused-ring (bicyclic) bond motifs is 1. The fourth-order valence-electron chi connectivity index (χ4n) is 6.01. The number of hydrogen-bond acceptors (Lipinski definition) is 5. The Hall–Kier alpha value is -3.67. The Bertz CT molecular complexity index is 1410. The minimum atomic E-state index is 0.109. The summed E-state index contributed by atoms with van der Waals surface area (Å²) in [5.74, 6) is 1.17.